The Morgan fingerprint density at radius 1 is 0.875 bits per heavy atom. The Labute approximate surface area is 193 Å². The number of hydrogen-bond donors (Lipinski definition) is 0. The Morgan fingerprint density at radius 2 is 1.66 bits per heavy atom. The van der Waals surface area contributed by atoms with Crippen LogP contribution >= 0.6 is 11.8 Å². The zero-order chi connectivity index (χ0) is 22.2. The monoisotopic (exact) mass is 442 g/mol. The Kier molecular flexibility index (Phi) is 5.51. The lowest BCUT2D eigenvalue weighted by Gasteiger charge is -2.37. The van der Waals surface area contributed by atoms with E-state index in [1.807, 2.05) is 47.4 Å². The highest BCUT2D eigenvalue weighted by Crippen LogP contribution is 2.37. The van der Waals surface area contributed by atoms with E-state index in [0.717, 1.165) is 34.0 Å². The normalized spacial score (nSPS) is 15.8. The third-order valence-corrected chi connectivity index (χ3v) is 7.53. The number of piperazine rings is 1. The number of carbonyl (C=O) groups excluding carboxylic acids is 2. The van der Waals surface area contributed by atoms with Gasteiger partial charge >= 0.3 is 0 Å². The van der Waals surface area contributed by atoms with E-state index in [1.54, 1.807) is 11.8 Å². The van der Waals surface area contributed by atoms with Gasteiger partial charge in [-0.25, -0.2) is 0 Å². The first-order valence-electron chi connectivity index (χ1n) is 11.0. The van der Waals surface area contributed by atoms with E-state index in [0.29, 0.717) is 25.1 Å². The summed E-state index contributed by atoms with van der Waals surface area (Å²) in [5.41, 5.74) is 6.16. The molecule has 0 bridgehead atoms. The van der Waals surface area contributed by atoms with Crippen molar-refractivity contribution in [1.82, 2.24) is 4.90 Å². The highest BCUT2D eigenvalue weighted by Gasteiger charge is 2.25. The molecule has 2 aliphatic rings. The number of ketones is 1. The third kappa shape index (κ3) is 3.93. The molecule has 3 aromatic carbocycles. The summed E-state index contributed by atoms with van der Waals surface area (Å²) in [6.45, 7) is 7.29. The van der Waals surface area contributed by atoms with Gasteiger partial charge in [0.15, 0.2) is 5.78 Å². The zero-order valence-electron chi connectivity index (χ0n) is 18.4. The number of hydrogen-bond acceptors (Lipinski definition) is 4. The molecule has 4 nitrogen and oxygen atoms in total. The van der Waals surface area contributed by atoms with Crippen LogP contribution in [0.5, 0.6) is 0 Å². The molecule has 0 unspecified atom stereocenters. The standard InChI is InChI=1S/C27H26N2O2S/c1-18-7-8-19(2)23(15-18)28-11-13-29(14-12-28)27(31)20-9-10-25-21(16-20)17-24(30)22-5-3-4-6-26(22)32-25/h3-10,15-16H,11-14,17H2,1-2H3. The Bertz CT molecular complexity index is 1210. The number of benzene rings is 3. The lowest BCUT2D eigenvalue weighted by molar-refractivity contribution is 0.0746. The van der Waals surface area contributed by atoms with E-state index in [2.05, 4.69) is 36.9 Å². The molecule has 3 aromatic rings. The molecule has 162 valence electrons. The maximum atomic E-state index is 13.3. The fourth-order valence-electron chi connectivity index (χ4n) is 4.52. The first kappa shape index (κ1) is 20.8. The molecule has 0 N–H and O–H groups in total. The second-order valence-electron chi connectivity index (χ2n) is 8.59. The van der Waals surface area contributed by atoms with Gasteiger partial charge in [-0.3, -0.25) is 9.59 Å². The van der Waals surface area contributed by atoms with Crippen LogP contribution in [-0.2, 0) is 6.42 Å². The van der Waals surface area contributed by atoms with Crippen molar-refractivity contribution in [3.05, 3.63) is 88.5 Å². The molecule has 5 rings (SSSR count). The van der Waals surface area contributed by atoms with Crippen LogP contribution in [-0.4, -0.2) is 42.8 Å². The molecule has 1 amide bonds. The van der Waals surface area contributed by atoms with Gasteiger partial charge in [0, 0.05) is 59.2 Å². The van der Waals surface area contributed by atoms with Gasteiger partial charge in [0.1, 0.15) is 0 Å². The van der Waals surface area contributed by atoms with E-state index < -0.39 is 0 Å². The van der Waals surface area contributed by atoms with Gasteiger partial charge in [-0.2, -0.15) is 0 Å². The highest BCUT2D eigenvalue weighted by molar-refractivity contribution is 7.99. The minimum Gasteiger partial charge on any atom is -0.368 e. The van der Waals surface area contributed by atoms with Gasteiger partial charge in [0.25, 0.3) is 5.91 Å². The maximum Gasteiger partial charge on any atom is 0.253 e. The van der Waals surface area contributed by atoms with E-state index in [4.69, 9.17) is 0 Å². The molecule has 0 aliphatic carbocycles. The molecule has 1 saturated heterocycles. The number of rotatable bonds is 2. The van der Waals surface area contributed by atoms with Crippen LogP contribution in [0.25, 0.3) is 0 Å². The fourth-order valence-corrected chi connectivity index (χ4v) is 5.59. The lowest BCUT2D eigenvalue weighted by atomic mass is 10.0. The van der Waals surface area contributed by atoms with Crippen LogP contribution in [0, 0.1) is 13.8 Å². The second kappa shape index (κ2) is 8.47. The predicted molar refractivity (Wildman–Crippen MR) is 129 cm³/mol. The highest BCUT2D eigenvalue weighted by atomic mass is 32.2. The SMILES string of the molecule is Cc1ccc(C)c(N2CCN(C(=O)c3ccc4c(c3)CC(=O)c3ccccc3S4)CC2)c1. The summed E-state index contributed by atoms with van der Waals surface area (Å²) in [7, 11) is 0. The summed E-state index contributed by atoms with van der Waals surface area (Å²) in [6, 6.07) is 20.1. The first-order valence-corrected chi connectivity index (χ1v) is 11.9. The lowest BCUT2D eigenvalue weighted by Crippen LogP contribution is -2.49. The molecular weight excluding hydrogens is 416 g/mol. The van der Waals surface area contributed by atoms with Crippen molar-refractivity contribution in [3.63, 3.8) is 0 Å². The summed E-state index contributed by atoms with van der Waals surface area (Å²) in [5, 5.41) is 0. The van der Waals surface area contributed by atoms with Gasteiger partial charge in [0.2, 0.25) is 0 Å². The van der Waals surface area contributed by atoms with Crippen molar-refractivity contribution in [1.29, 1.82) is 0 Å². The molecule has 2 heterocycles. The predicted octanol–water partition coefficient (Wildman–Crippen LogP) is 5.16. The average molecular weight is 443 g/mol. The fraction of sp³-hybridized carbons (Fsp3) is 0.259. The summed E-state index contributed by atoms with van der Waals surface area (Å²) in [5.74, 6) is 0.159. The van der Waals surface area contributed by atoms with E-state index in [-0.39, 0.29) is 11.7 Å². The third-order valence-electron chi connectivity index (χ3n) is 6.34. The van der Waals surface area contributed by atoms with Crippen molar-refractivity contribution < 1.29 is 9.59 Å². The smallest absolute Gasteiger partial charge is 0.253 e. The van der Waals surface area contributed by atoms with Crippen LogP contribution in [0.2, 0.25) is 0 Å². The minimum absolute atomic E-state index is 0.0487. The van der Waals surface area contributed by atoms with E-state index >= 15 is 0 Å². The van der Waals surface area contributed by atoms with E-state index in [9.17, 15) is 9.59 Å². The minimum atomic E-state index is 0.0487. The molecule has 1 fully saturated rings. The van der Waals surface area contributed by atoms with Gasteiger partial charge in [-0.05, 0) is 60.9 Å². The van der Waals surface area contributed by atoms with Crippen LogP contribution < -0.4 is 4.90 Å². The zero-order valence-corrected chi connectivity index (χ0v) is 19.2. The van der Waals surface area contributed by atoms with Crippen LogP contribution in [0.1, 0.15) is 37.4 Å². The summed E-state index contributed by atoms with van der Waals surface area (Å²) in [6.07, 6.45) is 0.334. The number of anilines is 1. The molecule has 2 aliphatic heterocycles. The molecular formula is C27H26N2O2S. The number of amides is 1. The topological polar surface area (TPSA) is 40.6 Å². The first-order chi connectivity index (χ1) is 15.5. The quantitative estimate of drug-likeness (QED) is 0.550. The maximum absolute atomic E-state index is 13.3. The van der Waals surface area contributed by atoms with Crippen LogP contribution in [0.4, 0.5) is 5.69 Å². The van der Waals surface area contributed by atoms with Crippen molar-refractivity contribution in [2.75, 3.05) is 31.1 Å². The van der Waals surface area contributed by atoms with Gasteiger partial charge in [-0.15, -0.1) is 0 Å². The largest absolute Gasteiger partial charge is 0.368 e. The molecule has 0 aromatic heterocycles. The van der Waals surface area contributed by atoms with Crippen molar-refractivity contribution in [2.24, 2.45) is 0 Å². The summed E-state index contributed by atoms with van der Waals surface area (Å²) >= 11 is 1.61. The number of fused-ring (bicyclic) bond motifs is 2. The average Bonchev–Trinajstić information content (AvgIpc) is 2.95. The molecule has 5 heteroatoms. The molecule has 0 spiro atoms. The van der Waals surface area contributed by atoms with Crippen molar-refractivity contribution in [2.45, 2.75) is 30.1 Å². The summed E-state index contributed by atoms with van der Waals surface area (Å²) < 4.78 is 0. The Balaban J connectivity index is 1.32. The number of aryl methyl sites for hydroxylation is 2. The van der Waals surface area contributed by atoms with Gasteiger partial charge < -0.3 is 9.80 Å². The summed E-state index contributed by atoms with van der Waals surface area (Å²) in [4.78, 5) is 32.4. The van der Waals surface area contributed by atoms with E-state index in [1.165, 1.54) is 16.8 Å². The second-order valence-corrected chi connectivity index (χ2v) is 9.67. The molecule has 0 atom stereocenters. The Morgan fingerprint density at radius 3 is 2.47 bits per heavy atom. The number of nitrogens with zero attached hydrogens (tertiary/aromatic N) is 2. The number of Topliss-reactive ketones (excluding diaryl/α,β-unsaturated/α-hetero) is 1. The van der Waals surface area contributed by atoms with Crippen molar-refractivity contribution in [3.8, 4) is 0 Å². The van der Waals surface area contributed by atoms with Crippen molar-refractivity contribution >= 4 is 29.1 Å². The van der Waals surface area contributed by atoms with Crippen LogP contribution in [0.3, 0.4) is 0 Å². The van der Waals surface area contributed by atoms with Gasteiger partial charge in [0.05, 0.1) is 0 Å². The Hall–Kier alpha value is -3.05. The van der Waals surface area contributed by atoms with Gasteiger partial charge in [-0.1, -0.05) is 42.1 Å². The van der Waals surface area contributed by atoms with Crippen LogP contribution in [0.15, 0.2) is 70.5 Å². The molecule has 0 radical (unpaired) electrons. The molecule has 32 heavy (non-hydrogen) atoms. The molecule has 0 saturated carbocycles. The number of carbonyl (C=O) groups is 2.